The van der Waals surface area contributed by atoms with Gasteiger partial charge in [0.1, 0.15) is 11.9 Å². The predicted octanol–water partition coefficient (Wildman–Crippen LogP) is 4.49. The van der Waals surface area contributed by atoms with Crippen LogP contribution in [0.4, 0.5) is 0 Å². The number of nitrogens with zero attached hydrogens (tertiary/aromatic N) is 1. The van der Waals surface area contributed by atoms with E-state index in [1.54, 1.807) is 18.2 Å². The SMILES string of the molecule is O=C(NC1CCCC1)c1ccc(OC2CCN(C(=O)C3=CCCC3)CC2)c(Cl)c1. The number of carbonyl (C=O) groups is 2. The lowest BCUT2D eigenvalue weighted by Crippen LogP contribution is -2.42. The fourth-order valence-electron chi connectivity index (χ4n) is 4.50. The Morgan fingerprint density at radius 2 is 1.83 bits per heavy atom. The Morgan fingerprint density at radius 3 is 2.48 bits per heavy atom. The highest BCUT2D eigenvalue weighted by Gasteiger charge is 2.27. The fraction of sp³-hybridized carbons (Fsp3) is 0.565. The second-order valence-corrected chi connectivity index (χ2v) is 8.74. The van der Waals surface area contributed by atoms with E-state index in [-0.39, 0.29) is 24.0 Å². The Labute approximate surface area is 177 Å². The number of benzene rings is 1. The lowest BCUT2D eigenvalue weighted by Gasteiger charge is -2.32. The zero-order valence-electron chi connectivity index (χ0n) is 16.8. The third kappa shape index (κ3) is 4.95. The molecule has 1 saturated carbocycles. The molecule has 1 aromatic carbocycles. The van der Waals surface area contributed by atoms with Crippen molar-refractivity contribution in [2.24, 2.45) is 0 Å². The molecule has 0 bridgehead atoms. The van der Waals surface area contributed by atoms with E-state index in [9.17, 15) is 9.59 Å². The quantitative estimate of drug-likeness (QED) is 0.769. The Kier molecular flexibility index (Phi) is 6.43. The molecule has 29 heavy (non-hydrogen) atoms. The van der Waals surface area contributed by atoms with Crippen molar-refractivity contribution in [3.8, 4) is 5.75 Å². The Balaban J connectivity index is 1.29. The third-order valence-electron chi connectivity index (χ3n) is 6.22. The van der Waals surface area contributed by atoms with Crippen LogP contribution in [0.3, 0.4) is 0 Å². The number of piperidine rings is 1. The molecular formula is C23H29ClN2O3. The van der Waals surface area contributed by atoms with Gasteiger partial charge in [0.15, 0.2) is 0 Å². The maximum Gasteiger partial charge on any atom is 0.251 e. The minimum absolute atomic E-state index is 0.0345. The van der Waals surface area contributed by atoms with Gasteiger partial charge in [-0.2, -0.15) is 0 Å². The molecule has 156 valence electrons. The monoisotopic (exact) mass is 416 g/mol. The van der Waals surface area contributed by atoms with E-state index >= 15 is 0 Å². The average Bonchev–Trinajstić information content (AvgIpc) is 3.44. The first kappa shape index (κ1) is 20.3. The number of hydrogen-bond donors (Lipinski definition) is 1. The van der Waals surface area contributed by atoms with Crippen molar-refractivity contribution in [2.75, 3.05) is 13.1 Å². The van der Waals surface area contributed by atoms with E-state index in [2.05, 4.69) is 11.4 Å². The molecule has 1 N–H and O–H groups in total. The standard InChI is InChI=1S/C23H29ClN2O3/c24-20-15-17(22(27)25-18-7-3-4-8-18)9-10-21(20)29-19-11-13-26(14-12-19)23(28)16-5-1-2-6-16/h5,9-10,15,18-19H,1-4,6-8,11-14H2,(H,25,27). The largest absolute Gasteiger partial charge is 0.489 e. The number of carbonyl (C=O) groups excluding carboxylic acids is 2. The molecule has 1 saturated heterocycles. The highest BCUT2D eigenvalue weighted by molar-refractivity contribution is 6.32. The highest BCUT2D eigenvalue weighted by Crippen LogP contribution is 2.29. The molecule has 6 heteroatoms. The molecule has 4 rings (SSSR count). The third-order valence-corrected chi connectivity index (χ3v) is 6.52. The highest BCUT2D eigenvalue weighted by atomic mass is 35.5. The van der Waals surface area contributed by atoms with Crippen LogP contribution in [-0.4, -0.2) is 41.9 Å². The normalized spacial score (nSPS) is 20.6. The topological polar surface area (TPSA) is 58.6 Å². The molecule has 0 atom stereocenters. The summed E-state index contributed by atoms with van der Waals surface area (Å²) in [7, 11) is 0. The van der Waals surface area contributed by atoms with Gasteiger partial charge in [0, 0.05) is 43.1 Å². The summed E-state index contributed by atoms with van der Waals surface area (Å²) in [6.07, 6.45) is 11.2. The van der Waals surface area contributed by atoms with Crippen molar-refractivity contribution in [1.29, 1.82) is 0 Å². The zero-order chi connectivity index (χ0) is 20.2. The van der Waals surface area contributed by atoms with Gasteiger partial charge >= 0.3 is 0 Å². The molecule has 1 heterocycles. The number of nitrogens with one attached hydrogen (secondary N) is 1. The van der Waals surface area contributed by atoms with E-state index in [0.717, 1.165) is 50.5 Å². The summed E-state index contributed by atoms with van der Waals surface area (Å²) in [5.74, 6) is 0.724. The summed E-state index contributed by atoms with van der Waals surface area (Å²) in [5.41, 5.74) is 1.54. The van der Waals surface area contributed by atoms with Crippen LogP contribution in [0.25, 0.3) is 0 Å². The van der Waals surface area contributed by atoms with Gasteiger partial charge in [0.2, 0.25) is 5.91 Å². The molecule has 0 spiro atoms. The van der Waals surface area contributed by atoms with Crippen molar-refractivity contribution in [2.45, 2.75) is 69.9 Å². The molecule has 2 aliphatic carbocycles. The van der Waals surface area contributed by atoms with Crippen LogP contribution < -0.4 is 10.1 Å². The first-order valence-corrected chi connectivity index (χ1v) is 11.2. The average molecular weight is 417 g/mol. The first-order chi connectivity index (χ1) is 14.1. The van der Waals surface area contributed by atoms with Gasteiger partial charge in [-0.1, -0.05) is 30.5 Å². The molecule has 2 amide bonds. The summed E-state index contributed by atoms with van der Waals surface area (Å²) in [4.78, 5) is 26.9. The molecule has 0 unspecified atom stereocenters. The van der Waals surface area contributed by atoms with E-state index in [1.807, 2.05) is 4.90 Å². The lowest BCUT2D eigenvalue weighted by atomic mass is 10.1. The number of amides is 2. The Morgan fingerprint density at radius 1 is 1.07 bits per heavy atom. The zero-order valence-corrected chi connectivity index (χ0v) is 17.5. The van der Waals surface area contributed by atoms with Crippen molar-refractivity contribution in [3.05, 3.63) is 40.4 Å². The minimum atomic E-state index is -0.0709. The number of likely N-dealkylation sites (tertiary alicyclic amines) is 1. The summed E-state index contributed by atoms with van der Waals surface area (Å²) in [6, 6.07) is 5.53. The van der Waals surface area contributed by atoms with Crippen LogP contribution in [0.15, 0.2) is 29.8 Å². The van der Waals surface area contributed by atoms with Gasteiger partial charge in [0.05, 0.1) is 5.02 Å². The maximum absolute atomic E-state index is 12.5. The smallest absolute Gasteiger partial charge is 0.251 e. The van der Waals surface area contributed by atoms with E-state index < -0.39 is 0 Å². The Hall–Kier alpha value is -2.01. The van der Waals surface area contributed by atoms with E-state index in [1.165, 1.54) is 12.8 Å². The number of halogens is 1. The molecule has 2 fully saturated rings. The van der Waals surface area contributed by atoms with Crippen LogP contribution in [0, 0.1) is 0 Å². The number of hydrogen-bond acceptors (Lipinski definition) is 3. The van der Waals surface area contributed by atoms with Crippen molar-refractivity contribution in [1.82, 2.24) is 10.2 Å². The van der Waals surface area contributed by atoms with Crippen molar-refractivity contribution >= 4 is 23.4 Å². The lowest BCUT2D eigenvalue weighted by molar-refractivity contribution is -0.129. The van der Waals surface area contributed by atoms with E-state index in [0.29, 0.717) is 29.4 Å². The molecule has 1 aromatic rings. The number of allylic oxidation sites excluding steroid dienone is 1. The van der Waals surface area contributed by atoms with Crippen LogP contribution in [0.1, 0.15) is 68.1 Å². The van der Waals surface area contributed by atoms with Crippen LogP contribution in [0.5, 0.6) is 5.75 Å². The number of rotatable bonds is 5. The van der Waals surface area contributed by atoms with Crippen LogP contribution in [-0.2, 0) is 4.79 Å². The molecule has 3 aliphatic rings. The summed E-state index contributed by atoms with van der Waals surface area (Å²) < 4.78 is 6.09. The maximum atomic E-state index is 12.5. The van der Waals surface area contributed by atoms with Crippen LogP contribution in [0.2, 0.25) is 5.02 Å². The van der Waals surface area contributed by atoms with Crippen molar-refractivity contribution < 1.29 is 14.3 Å². The second kappa shape index (κ2) is 9.21. The molecule has 1 aliphatic heterocycles. The summed E-state index contributed by atoms with van der Waals surface area (Å²) >= 11 is 6.40. The van der Waals surface area contributed by atoms with Crippen molar-refractivity contribution in [3.63, 3.8) is 0 Å². The fourth-order valence-corrected chi connectivity index (χ4v) is 4.73. The predicted molar refractivity (Wildman–Crippen MR) is 113 cm³/mol. The summed E-state index contributed by atoms with van der Waals surface area (Å²) in [6.45, 7) is 1.42. The van der Waals surface area contributed by atoms with Gasteiger partial charge in [-0.05, 0) is 50.3 Å². The molecule has 0 radical (unpaired) electrons. The van der Waals surface area contributed by atoms with Gasteiger partial charge in [-0.3, -0.25) is 9.59 Å². The molecule has 5 nitrogen and oxygen atoms in total. The van der Waals surface area contributed by atoms with Gasteiger partial charge in [-0.15, -0.1) is 0 Å². The van der Waals surface area contributed by atoms with E-state index in [4.69, 9.17) is 16.3 Å². The van der Waals surface area contributed by atoms with Crippen LogP contribution >= 0.6 is 11.6 Å². The van der Waals surface area contributed by atoms with Gasteiger partial charge in [-0.25, -0.2) is 0 Å². The summed E-state index contributed by atoms with van der Waals surface area (Å²) in [5, 5.41) is 3.54. The van der Waals surface area contributed by atoms with Gasteiger partial charge < -0.3 is 15.0 Å². The Bertz CT molecular complexity index is 793. The second-order valence-electron chi connectivity index (χ2n) is 8.33. The first-order valence-electron chi connectivity index (χ1n) is 10.9. The minimum Gasteiger partial charge on any atom is -0.489 e. The van der Waals surface area contributed by atoms with Gasteiger partial charge in [0.25, 0.3) is 5.91 Å². The molecular weight excluding hydrogens is 388 g/mol. The molecule has 0 aromatic heterocycles. The number of ether oxygens (including phenoxy) is 1.